The number of carbonyl (C=O) groups is 1. The fourth-order valence-electron chi connectivity index (χ4n) is 2.21. The summed E-state index contributed by atoms with van der Waals surface area (Å²) < 4.78 is 0. The van der Waals surface area contributed by atoms with Crippen LogP contribution in [0.15, 0.2) is 0 Å². The summed E-state index contributed by atoms with van der Waals surface area (Å²) in [5.41, 5.74) is 2.01. The van der Waals surface area contributed by atoms with Crippen LogP contribution in [0.3, 0.4) is 0 Å². The van der Waals surface area contributed by atoms with Gasteiger partial charge in [-0.2, -0.15) is 0 Å². The molecule has 1 aliphatic heterocycles. The summed E-state index contributed by atoms with van der Waals surface area (Å²) in [4.78, 5) is 21.7. The van der Waals surface area contributed by atoms with Gasteiger partial charge in [0.2, 0.25) is 0 Å². The van der Waals surface area contributed by atoms with E-state index < -0.39 is 5.97 Å². The number of carboxylic acid groups (broad SMARTS) is 1. The zero-order chi connectivity index (χ0) is 12.6. The lowest BCUT2D eigenvalue weighted by Gasteiger charge is -2.20. The van der Waals surface area contributed by atoms with E-state index in [0.717, 1.165) is 29.4 Å². The SMILES string of the molecule is Cc1nc(C)c(C)c(N2CCC(C(=O)O)C2)n1. The minimum absolute atomic E-state index is 0.273. The normalized spacial score (nSPS) is 19.7. The number of hydrogen-bond donors (Lipinski definition) is 1. The van der Waals surface area contributed by atoms with Gasteiger partial charge in [-0.1, -0.05) is 0 Å². The zero-order valence-electron chi connectivity index (χ0n) is 10.4. The highest BCUT2D eigenvalue weighted by atomic mass is 16.4. The first kappa shape index (κ1) is 11.8. The summed E-state index contributed by atoms with van der Waals surface area (Å²) in [5.74, 6) is 0.637. The molecule has 0 saturated carbocycles. The molecule has 1 unspecified atom stereocenters. The van der Waals surface area contributed by atoms with Gasteiger partial charge in [0.25, 0.3) is 0 Å². The van der Waals surface area contributed by atoms with Crippen LogP contribution in [0.2, 0.25) is 0 Å². The van der Waals surface area contributed by atoms with Crippen LogP contribution in [0, 0.1) is 26.7 Å². The highest BCUT2D eigenvalue weighted by molar-refractivity contribution is 5.72. The molecule has 1 fully saturated rings. The molecule has 92 valence electrons. The predicted molar refractivity (Wildman–Crippen MR) is 64.2 cm³/mol. The van der Waals surface area contributed by atoms with Gasteiger partial charge < -0.3 is 10.0 Å². The van der Waals surface area contributed by atoms with E-state index in [1.807, 2.05) is 20.8 Å². The predicted octanol–water partition coefficient (Wildman–Crippen LogP) is 1.31. The average molecular weight is 235 g/mol. The smallest absolute Gasteiger partial charge is 0.308 e. The Morgan fingerprint density at radius 3 is 2.65 bits per heavy atom. The van der Waals surface area contributed by atoms with Crippen molar-refractivity contribution < 1.29 is 9.90 Å². The molecule has 5 heteroatoms. The Balaban J connectivity index is 2.27. The maximum absolute atomic E-state index is 10.9. The summed E-state index contributed by atoms with van der Waals surface area (Å²) in [6, 6.07) is 0. The summed E-state index contributed by atoms with van der Waals surface area (Å²) >= 11 is 0. The van der Waals surface area contributed by atoms with E-state index in [9.17, 15) is 4.79 Å². The largest absolute Gasteiger partial charge is 0.481 e. The Morgan fingerprint density at radius 2 is 2.06 bits per heavy atom. The van der Waals surface area contributed by atoms with Gasteiger partial charge in [0, 0.05) is 24.3 Å². The third kappa shape index (κ3) is 2.23. The maximum Gasteiger partial charge on any atom is 0.308 e. The third-order valence-electron chi connectivity index (χ3n) is 3.31. The number of nitrogens with zero attached hydrogens (tertiary/aromatic N) is 3. The summed E-state index contributed by atoms with van der Waals surface area (Å²) in [6.07, 6.45) is 0.691. The Morgan fingerprint density at radius 1 is 1.35 bits per heavy atom. The first-order valence-corrected chi connectivity index (χ1v) is 5.78. The Kier molecular flexibility index (Phi) is 3.00. The van der Waals surface area contributed by atoms with Crippen LogP contribution in [0.4, 0.5) is 5.82 Å². The molecule has 0 bridgehead atoms. The van der Waals surface area contributed by atoms with Gasteiger partial charge in [-0.05, 0) is 27.2 Å². The third-order valence-corrected chi connectivity index (χ3v) is 3.31. The van der Waals surface area contributed by atoms with Crippen molar-refractivity contribution in [2.24, 2.45) is 5.92 Å². The van der Waals surface area contributed by atoms with Gasteiger partial charge in [0.15, 0.2) is 0 Å². The number of aliphatic carboxylic acids is 1. The van der Waals surface area contributed by atoms with E-state index in [1.54, 1.807) is 0 Å². The van der Waals surface area contributed by atoms with Crippen molar-refractivity contribution in [3.8, 4) is 0 Å². The molecular formula is C12H17N3O2. The Labute approximate surface area is 100 Å². The fraction of sp³-hybridized carbons (Fsp3) is 0.583. The van der Waals surface area contributed by atoms with Gasteiger partial charge in [-0.3, -0.25) is 4.79 Å². The Bertz CT molecular complexity index is 459. The molecule has 0 radical (unpaired) electrons. The number of anilines is 1. The molecule has 1 aliphatic rings. The second kappa shape index (κ2) is 4.31. The van der Waals surface area contributed by atoms with Gasteiger partial charge in [-0.15, -0.1) is 0 Å². The second-order valence-electron chi connectivity index (χ2n) is 4.57. The van der Waals surface area contributed by atoms with Crippen molar-refractivity contribution in [2.45, 2.75) is 27.2 Å². The molecule has 0 aliphatic carbocycles. The monoisotopic (exact) mass is 235 g/mol. The van der Waals surface area contributed by atoms with Crippen LogP contribution in [-0.2, 0) is 4.79 Å². The summed E-state index contributed by atoms with van der Waals surface area (Å²) in [7, 11) is 0. The molecule has 1 atom stereocenters. The van der Waals surface area contributed by atoms with E-state index in [-0.39, 0.29) is 5.92 Å². The van der Waals surface area contributed by atoms with Crippen molar-refractivity contribution >= 4 is 11.8 Å². The van der Waals surface area contributed by atoms with E-state index in [4.69, 9.17) is 5.11 Å². The molecule has 1 N–H and O–H groups in total. The van der Waals surface area contributed by atoms with Gasteiger partial charge in [-0.25, -0.2) is 9.97 Å². The molecule has 0 spiro atoms. The minimum Gasteiger partial charge on any atom is -0.481 e. The molecule has 5 nitrogen and oxygen atoms in total. The van der Waals surface area contributed by atoms with Crippen LogP contribution in [-0.4, -0.2) is 34.1 Å². The van der Waals surface area contributed by atoms with Crippen LogP contribution >= 0.6 is 0 Å². The number of rotatable bonds is 2. The zero-order valence-corrected chi connectivity index (χ0v) is 10.4. The molecule has 0 aromatic carbocycles. The van der Waals surface area contributed by atoms with Crippen molar-refractivity contribution in [3.63, 3.8) is 0 Å². The van der Waals surface area contributed by atoms with Crippen molar-refractivity contribution in [1.29, 1.82) is 0 Å². The minimum atomic E-state index is -0.715. The molecule has 0 amide bonds. The van der Waals surface area contributed by atoms with E-state index >= 15 is 0 Å². The van der Waals surface area contributed by atoms with Crippen LogP contribution in [0.1, 0.15) is 23.5 Å². The van der Waals surface area contributed by atoms with Gasteiger partial charge in [0.05, 0.1) is 5.92 Å². The van der Waals surface area contributed by atoms with Crippen LogP contribution in [0.25, 0.3) is 0 Å². The molecular weight excluding hydrogens is 218 g/mol. The fourth-order valence-corrected chi connectivity index (χ4v) is 2.21. The lowest BCUT2D eigenvalue weighted by molar-refractivity contribution is -0.140. The standard InChI is InChI=1S/C12H17N3O2/c1-7-8(2)13-9(3)14-11(7)15-5-4-10(6-15)12(16)17/h10H,4-6H2,1-3H3,(H,16,17). The lowest BCUT2D eigenvalue weighted by Crippen LogP contribution is -2.25. The molecule has 1 aromatic heterocycles. The number of aromatic nitrogens is 2. The number of aryl methyl sites for hydroxylation is 2. The number of carboxylic acids is 1. The highest BCUT2D eigenvalue weighted by Crippen LogP contribution is 2.26. The number of hydrogen-bond acceptors (Lipinski definition) is 4. The van der Waals surface area contributed by atoms with E-state index in [2.05, 4.69) is 14.9 Å². The molecule has 1 aromatic rings. The average Bonchev–Trinajstić information content (AvgIpc) is 2.72. The van der Waals surface area contributed by atoms with Crippen molar-refractivity contribution in [3.05, 3.63) is 17.1 Å². The van der Waals surface area contributed by atoms with E-state index in [1.165, 1.54) is 0 Å². The summed E-state index contributed by atoms with van der Waals surface area (Å²) in [6.45, 7) is 7.11. The first-order chi connectivity index (χ1) is 7.99. The second-order valence-corrected chi connectivity index (χ2v) is 4.57. The molecule has 17 heavy (non-hydrogen) atoms. The summed E-state index contributed by atoms with van der Waals surface area (Å²) in [5, 5.41) is 9.00. The lowest BCUT2D eigenvalue weighted by atomic mass is 10.1. The molecule has 1 saturated heterocycles. The topological polar surface area (TPSA) is 66.3 Å². The first-order valence-electron chi connectivity index (χ1n) is 5.78. The van der Waals surface area contributed by atoms with Crippen molar-refractivity contribution in [2.75, 3.05) is 18.0 Å². The maximum atomic E-state index is 10.9. The molecule has 2 heterocycles. The quantitative estimate of drug-likeness (QED) is 0.837. The van der Waals surface area contributed by atoms with Crippen LogP contribution in [0.5, 0.6) is 0 Å². The van der Waals surface area contributed by atoms with Crippen LogP contribution < -0.4 is 4.90 Å². The Hall–Kier alpha value is -1.65. The van der Waals surface area contributed by atoms with Gasteiger partial charge in [0.1, 0.15) is 11.6 Å². The van der Waals surface area contributed by atoms with Gasteiger partial charge >= 0.3 is 5.97 Å². The van der Waals surface area contributed by atoms with Crippen molar-refractivity contribution in [1.82, 2.24) is 9.97 Å². The molecule has 2 rings (SSSR count). The van der Waals surface area contributed by atoms with E-state index in [0.29, 0.717) is 13.0 Å². The highest BCUT2D eigenvalue weighted by Gasteiger charge is 2.29.